The number of hydrogen-bond acceptors (Lipinski definition) is 2. The maximum absolute atomic E-state index is 10.9. The standard InChI is InChI=1S/C16H26O2/c1-12(18-13(2)17)6-7-14-15(3,4)8-5-9-16(14)10-11-16/h6,14H,5,7-11H2,1-4H3. The number of allylic oxidation sites excluding steroid dienone is 2. The van der Waals surface area contributed by atoms with Crippen molar-refractivity contribution < 1.29 is 9.53 Å². The summed E-state index contributed by atoms with van der Waals surface area (Å²) in [6.45, 7) is 8.17. The lowest BCUT2D eigenvalue weighted by atomic mass is 9.60. The molecule has 1 unspecified atom stereocenters. The topological polar surface area (TPSA) is 26.3 Å². The maximum atomic E-state index is 10.9. The van der Waals surface area contributed by atoms with Crippen molar-refractivity contribution in [3.63, 3.8) is 0 Å². The van der Waals surface area contributed by atoms with Gasteiger partial charge in [-0.25, -0.2) is 0 Å². The first kappa shape index (κ1) is 13.6. The molecule has 0 amide bonds. The average molecular weight is 250 g/mol. The smallest absolute Gasteiger partial charge is 0.307 e. The second-order valence-electron chi connectivity index (χ2n) is 6.90. The van der Waals surface area contributed by atoms with Crippen molar-refractivity contribution in [2.75, 3.05) is 0 Å². The molecule has 1 atom stereocenters. The van der Waals surface area contributed by atoms with Crippen molar-refractivity contribution in [2.45, 2.75) is 66.2 Å². The summed E-state index contributed by atoms with van der Waals surface area (Å²) in [6.07, 6.45) is 10.1. The van der Waals surface area contributed by atoms with Crippen LogP contribution >= 0.6 is 0 Å². The molecule has 0 aliphatic heterocycles. The molecule has 2 fully saturated rings. The molecule has 2 heteroatoms. The largest absolute Gasteiger partial charge is 0.432 e. The maximum Gasteiger partial charge on any atom is 0.307 e. The molecule has 0 aromatic heterocycles. The second-order valence-corrected chi connectivity index (χ2v) is 6.90. The number of carbonyl (C=O) groups is 1. The predicted octanol–water partition coefficient (Wildman–Crippen LogP) is 4.45. The van der Waals surface area contributed by atoms with E-state index in [4.69, 9.17) is 4.74 Å². The highest BCUT2D eigenvalue weighted by Crippen LogP contribution is 2.65. The van der Waals surface area contributed by atoms with Gasteiger partial charge in [0.25, 0.3) is 0 Å². The van der Waals surface area contributed by atoms with Gasteiger partial charge in [0.2, 0.25) is 0 Å². The third kappa shape index (κ3) is 2.78. The van der Waals surface area contributed by atoms with Crippen LogP contribution in [-0.4, -0.2) is 5.97 Å². The highest BCUT2D eigenvalue weighted by molar-refractivity contribution is 5.67. The zero-order valence-corrected chi connectivity index (χ0v) is 12.2. The summed E-state index contributed by atoms with van der Waals surface area (Å²) in [6, 6.07) is 0. The molecule has 0 heterocycles. The van der Waals surface area contributed by atoms with Crippen LogP contribution in [0, 0.1) is 16.7 Å². The molecule has 102 valence electrons. The molecule has 0 N–H and O–H groups in total. The first-order chi connectivity index (χ1) is 8.36. The number of carbonyl (C=O) groups excluding carboxylic acids is 1. The minimum atomic E-state index is -0.215. The first-order valence-corrected chi connectivity index (χ1v) is 7.21. The minimum absolute atomic E-state index is 0.215. The molecule has 2 aliphatic rings. The third-order valence-corrected chi connectivity index (χ3v) is 5.02. The van der Waals surface area contributed by atoms with Crippen LogP contribution in [0.3, 0.4) is 0 Å². The molecular weight excluding hydrogens is 224 g/mol. The Morgan fingerprint density at radius 1 is 1.22 bits per heavy atom. The molecule has 2 rings (SSSR count). The fourth-order valence-electron chi connectivity index (χ4n) is 3.95. The fourth-order valence-corrected chi connectivity index (χ4v) is 3.95. The highest BCUT2D eigenvalue weighted by atomic mass is 16.5. The molecule has 0 saturated heterocycles. The summed E-state index contributed by atoms with van der Waals surface area (Å²) in [5.41, 5.74) is 1.05. The summed E-state index contributed by atoms with van der Waals surface area (Å²) >= 11 is 0. The van der Waals surface area contributed by atoms with Crippen molar-refractivity contribution in [1.82, 2.24) is 0 Å². The van der Waals surface area contributed by atoms with Gasteiger partial charge in [0, 0.05) is 6.92 Å². The van der Waals surface area contributed by atoms with Crippen LogP contribution in [0.4, 0.5) is 0 Å². The van der Waals surface area contributed by atoms with E-state index in [0.29, 0.717) is 10.8 Å². The van der Waals surface area contributed by atoms with E-state index in [2.05, 4.69) is 19.9 Å². The molecule has 0 aromatic rings. The van der Waals surface area contributed by atoms with E-state index >= 15 is 0 Å². The fraction of sp³-hybridized carbons (Fsp3) is 0.812. The van der Waals surface area contributed by atoms with E-state index in [0.717, 1.165) is 18.1 Å². The molecule has 1 spiro atoms. The Kier molecular flexibility index (Phi) is 3.57. The van der Waals surface area contributed by atoms with Crippen LogP contribution in [-0.2, 0) is 9.53 Å². The Labute approximate surface area is 111 Å². The van der Waals surface area contributed by atoms with E-state index < -0.39 is 0 Å². The van der Waals surface area contributed by atoms with Crippen LogP contribution in [0.1, 0.15) is 66.2 Å². The highest BCUT2D eigenvalue weighted by Gasteiger charge is 2.55. The molecule has 2 nitrogen and oxygen atoms in total. The van der Waals surface area contributed by atoms with Gasteiger partial charge >= 0.3 is 5.97 Å². The van der Waals surface area contributed by atoms with E-state index in [1.807, 2.05) is 6.92 Å². The number of hydrogen-bond donors (Lipinski definition) is 0. The van der Waals surface area contributed by atoms with Crippen LogP contribution in [0.25, 0.3) is 0 Å². The molecule has 18 heavy (non-hydrogen) atoms. The first-order valence-electron chi connectivity index (χ1n) is 7.21. The van der Waals surface area contributed by atoms with Crippen molar-refractivity contribution in [3.8, 4) is 0 Å². The Balaban J connectivity index is 2.03. The van der Waals surface area contributed by atoms with Crippen LogP contribution in [0.2, 0.25) is 0 Å². The number of ether oxygens (including phenoxy) is 1. The lowest BCUT2D eigenvalue weighted by molar-refractivity contribution is -0.136. The van der Waals surface area contributed by atoms with Crippen LogP contribution in [0.5, 0.6) is 0 Å². The lowest BCUT2D eigenvalue weighted by Gasteiger charge is -2.44. The molecule has 0 bridgehead atoms. The summed E-state index contributed by atoms with van der Waals surface area (Å²) < 4.78 is 5.12. The lowest BCUT2D eigenvalue weighted by Crippen LogP contribution is -2.35. The minimum Gasteiger partial charge on any atom is -0.432 e. The Hall–Kier alpha value is -0.790. The van der Waals surface area contributed by atoms with Crippen molar-refractivity contribution in [2.24, 2.45) is 16.7 Å². The van der Waals surface area contributed by atoms with Gasteiger partial charge in [-0.2, -0.15) is 0 Å². The van der Waals surface area contributed by atoms with E-state index in [1.165, 1.54) is 39.0 Å². The van der Waals surface area contributed by atoms with Crippen molar-refractivity contribution in [1.29, 1.82) is 0 Å². The van der Waals surface area contributed by atoms with Gasteiger partial charge in [-0.05, 0) is 61.9 Å². The van der Waals surface area contributed by atoms with Gasteiger partial charge < -0.3 is 4.74 Å². The molecule has 0 radical (unpaired) electrons. The monoisotopic (exact) mass is 250 g/mol. The molecular formula is C16H26O2. The summed E-state index contributed by atoms with van der Waals surface area (Å²) in [5, 5.41) is 0. The predicted molar refractivity (Wildman–Crippen MR) is 72.9 cm³/mol. The van der Waals surface area contributed by atoms with Gasteiger partial charge in [-0.15, -0.1) is 0 Å². The Bertz CT molecular complexity index is 355. The van der Waals surface area contributed by atoms with Gasteiger partial charge in [-0.3, -0.25) is 4.79 Å². The van der Waals surface area contributed by atoms with E-state index in [-0.39, 0.29) is 5.97 Å². The molecule has 2 aliphatic carbocycles. The Morgan fingerprint density at radius 3 is 2.44 bits per heavy atom. The molecule has 0 aromatic carbocycles. The van der Waals surface area contributed by atoms with Crippen molar-refractivity contribution >= 4 is 5.97 Å². The third-order valence-electron chi connectivity index (χ3n) is 5.02. The average Bonchev–Trinajstić information content (AvgIpc) is 2.95. The zero-order valence-electron chi connectivity index (χ0n) is 12.2. The SMILES string of the molecule is CC(=O)OC(C)=CCC1C(C)(C)CCCC12CC2. The van der Waals surface area contributed by atoms with Gasteiger partial charge in [-0.1, -0.05) is 20.3 Å². The second kappa shape index (κ2) is 4.71. The zero-order chi connectivity index (χ0) is 13.4. The van der Waals surface area contributed by atoms with E-state index in [1.54, 1.807) is 0 Å². The van der Waals surface area contributed by atoms with Crippen LogP contribution < -0.4 is 0 Å². The molecule has 2 saturated carbocycles. The normalized spacial score (nSPS) is 29.1. The number of esters is 1. The quantitative estimate of drug-likeness (QED) is 0.546. The van der Waals surface area contributed by atoms with Gasteiger partial charge in [0.1, 0.15) is 5.76 Å². The van der Waals surface area contributed by atoms with Gasteiger partial charge in [0.05, 0.1) is 0 Å². The van der Waals surface area contributed by atoms with Gasteiger partial charge in [0.15, 0.2) is 0 Å². The summed E-state index contributed by atoms with van der Waals surface area (Å²) in [5.74, 6) is 1.30. The van der Waals surface area contributed by atoms with Crippen molar-refractivity contribution in [3.05, 3.63) is 11.8 Å². The Morgan fingerprint density at radius 2 is 1.89 bits per heavy atom. The number of rotatable bonds is 3. The summed E-state index contributed by atoms with van der Waals surface area (Å²) in [7, 11) is 0. The van der Waals surface area contributed by atoms with Crippen LogP contribution in [0.15, 0.2) is 11.8 Å². The summed E-state index contributed by atoms with van der Waals surface area (Å²) in [4.78, 5) is 10.9. The van der Waals surface area contributed by atoms with E-state index in [9.17, 15) is 4.79 Å².